The van der Waals surface area contributed by atoms with E-state index in [0.29, 0.717) is 6.42 Å². The van der Waals surface area contributed by atoms with Gasteiger partial charge in [0.05, 0.1) is 27.2 Å². The van der Waals surface area contributed by atoms with E-state index in [1.165, 1.54) is 18.9 Å². The SMILES string of the molecule is C=CC(=O)NCCCCCCC[N+](C)(C)CCCC(=O)[O-]. The van der Waals surface area contributed by atoms with Crippen molar-refractivity contribution in [3.05, 3.63) is 12.7 Å². The van der Waals surface area contributed by atoms with Gasteiger partial charge in [0.1, 0.15) is 0 Å². The summed E-state index contributed by atoms with van der Waals surface area (Å²) in [5.74, 6) is -1.07. The highest BCUT2D eigenvalue weighted by Gasteiger charge is 2.13. The van der Waals surface area contributed by atoms with Crippen LogP contribution in [0.3, 0.4) is 0 Å². The van der Waals surface area contributed by atoms with Gasteiger partial charge >= 0.3 is 0 Å². The highest BCUT2D eigenvalue weighted by molar-refractivity contribution is 5.86. The molecule has 0 rings (SSSR count). The number of carbonyl (C=O) groups excluding carboxylic acids is 2. The summed E-state index contributed by atoms with van der Waals surface area (Å²) < 4.78 is 0.864. The van der Waals surface area contributed by atoms with Crippen LogP contribution < -0.4 is 10.4 Å². The number of nitrogens with one attached hydrogen (secondary N) is 1. The molecule has 1 amide bonds. The highest BCUT2D eigenvalue weighted by atomic mass is 16.4. The second-order valence-corrected chi connectivity index (χ2v) is 6.12. The smallest absolute Gasteiger partial charge is 0.243 e. The lowest BCUT2D eigenvalue weighted by molar-refractivity contribution is -0.890. The topological polar surface area (TPSA) is 69.2 Å². The Kier molecular flexibility index (Phi) is 10.6. The molecule has 0 aromatic carbocycles. The molecule has 0 heterocycles. The van der Waals surface area contributed by atoms with Gasteiger partial charge in [-0.15, -0.1) is 0 Å². The van der Waals surface area contributed by atoms with Crippen LogP contribution in [-0.2, 0) is 9.59 Å². The second-order valence-electron chi connectivity index (χ2n) is 6.12. The Bertz CT molecular complexity index is 327. The average molecular weight is 298 g/mol. The number of hydrogen-bond donors (Lipinski definition) is 1. The Morgan fingerprint density at radius 2 is 1.62 bits per heavy atom. The van der Waals surface area contributed by atoms with Gasteiger partial charge in [-0.2, -0.15) is 0 Å². The molecule has 0 saturated carbocycles. The first-order valence-electron chi connectivity index (χ1n) is 7.79. The van der Waals surface area contributed by atoms with Crippen molar-refractivity contribution in [2.75, 3.05) is 33.7 Å². The van der Waals surface area contributed by atoms with E-state index >= 15 is 0 Å². The van der Waals surface area contributed by atoms with Crippen LogP contribution >= 0.6 is 0 Å². The lowest BCUT2D eigenvalue weighted by atomic mass is 10.1. The largest absolute Gasteiger partial charge is 0.550 e. The molecule has 5 heteroatoms. The first kappa shape index (κ1) is 19.6. The molecule has 5 nitrogen and oxygen atoms in total. The predicted molar refractivity (Wildman–Crippen MR) is 82.4 cm³/mol. The van der Waals surface area contributed by atoms with Crippen LogP contribution in [0.15, 0.2) is 12.7 Å². The number of carbonyl (C=O) groups is 2. The molecule has 21 heavy (non-hydrogen) atoms. The van der Waals surface area contributed by atoms with Crippen molar-refractivity contribution in [3.8, 4) is 0 Å². The van der Waals surface area contributed by atoms with Gasteiger partial charge in [0.25, 0.3) is 0 Å². The number of carboxylic acids is 1. The first-order chi connectivity index (χ1) is 9.87. The monoisotopic (exact) mass is 298 g/mol. The van der Waals surface area contributed by atoms with Gasteiger partial charge in [-0.05, 0) is 31.8 Å². The molecule has 0 saturated heterocycles. The van der Waals surface area contributed by atoms with Crippen LogP contribution in [0.2, 0.25) is 0 Å². The van der Waals surface area contributed by atoms with E-state index in [-0.39, 0.29) is 12.3 Å². The number of amides is 1. The number of unbranched alkanes of at least 4 members (excludes halogenated alkanes) is 4. The van der Waals surface area contributed by atoms with Gasteiger partial charge in [0.2, 0.25) is 5.91 Å². The first-order valence-corrected chi connectivity index (χ1v) is 7.79. The summed E-state index contributed by atoms with van der Waals surface area (Å²) >= 11 is 0. The van der Waals surface area contributed by atoms with E-state index in [9.17, 15) is 14.7 Å². The molecular formula is C16H30N2O3. The summed E-state index contributed by atoms with van der Waals surface area (Å²) in [7, 11) is 4.28. The number of nitrogens with zero attached hydrogens (tertiary/aromatic N) is 1. The summed E-state index contributed by atoms with van der Waals surface area (Å²) in [5.41, 5.74) is 0. The van der Waals surface area contributed by atoms with E-state index < -0.39 is 5.97 Å². The van der Waals surface area contributed by atoms with Crippen molar-refractivity contribution in [3.63, 3.8) is 0 Å². The Morgan fingerprint density at radius 3 is 2.24 bits per heavy atom. The Balaban J connectivity index is 3.46. The maximum atomic E-state index is 10.9. The van der Waals surface area contributed by atoms with Crippen molar-refractivity contribution < 1.29 is 19.2 Å². The van der Waals surface area contributed by atoms with E-state index in [1.807, 2.05) is 0 Å². The van der Waals surface area contributed by atoms with Gasteiger partial charge in [0, 0.05) is 18.9 Å². The number of rotatable bonds is 13. The van der Waals surface area contributed by atoms with E-state index in [1.54, 1.807) is 0 Å². The number of carboxylic acid groups (broad SMARTS) is 1. The predicted octanol–water partition coefficient (Wildman–Crippen LogP) is 0.846. The lowest BCUT2D eigenvalue weighted by Gasteiger charge is -2.30. The van der Waals surface area contributed by atoms with Crippen LogP contribution in [0.1, 0.15) is 44.9 Å². The van der Waals surface area contributed by atoms with Crippen LogP contribution in [0, 0.1) is 0 Å². The molecule has 0 fully saturated rings. The van der Waals surface area contributed by atoms with E-state index in [4.69, 9.17) is 0 Å². The van der Waals surface area contributed by atoms with Crippen molar-refractivity contribution >= 4 is 11.9 Å². The molecule has 0 aromatic heterocycles. The van der Waals surface area contributed by atoms with Crippen LogP contribution in [0.5, 0.6) is 0 Å². The summed E-state index contributed by atoms with van der Waals surface area (Å²) in [6.07, 6.45) is 7.74. The number of quaternary nitrogens is 1. The second kappa shape index (κ2) is 11.3. The molecular weight excluding hydrogens is 268 g/mol. The summed E-state index contributed by atoms with van der Waals surface area (Å²) in [6.45, 7) is 6.07. The van der Waals surface area contributed by atoms with Crippen LogP contribution in [0.4, 0.5) is 0 Å². The Hall–Kier alpha value is -1.36. The minimum absolute atomic E-state index is 0.106. The minimum Gasteiger partial charge on any atom is -0.550 e. The molecule has 0 atom stereocenters. The Morgan fingerprint density at radius 1 is 1.05 bits per heavy atom. The average Bonchev–Trinajstić information content (AvgIpc) is 2.40. The standard InChI is InChI=1S/C16H30N2O3/c1-4-15(19)17-12-8-6-5-7-9-13-18(2,3)14-10-11-16(20)21/h4H,1,5-14H2,2-3H3,(H-,17,19,20,21). The number of aliphatic carboxylic acids is 1. The molecule has 0 radical (unpaired) electrons. The molecule has 0 unspecified atom stereocenters. The third-order valence-electron chi connectivity index (χ3n) is 3.57. The normalized spacial score (nSPS) is 11.1. The van der Waals surface area contributed by atoms with Gasteiger partial charge < -0.3 is 19.7 Å². The van der Waals surface area contributed by atoms with E-state index in [0.717, 1.165) is 43.4 Å². The zero-order chi connectivity index (χ0) is 16.1. The van der Waals surface area contributed by atoms with Crippen molar-refractivity contribution in [2.45, 2.75) is 44.9 Å². The van der Waals surface area contributed by atoms with Gasteiger partial charge in [0.15, 0.2) is 0 Å². The van der Waals surface area contributed by atoms with Crippen LogP contribution in [-0.4, -0.2) is 50.1 Å². The van der Waals surface area contributed by atoms with Crippen molar-refractivity contribution in [1.29, 1.82) is 0 Å². The lowest BCUT2D eigenvalue weighted by Crippen LogP contribution is -2.41. The third kappa shape index (κ3) is 13.4. The fourth-order valence-corrected chi connectivity index (χ4v) is 2.24. The minimum atomic E-state index is -0.960. The maximum absolute atomic E-state index is 10.9. The Labute approximate surface area is 128 Å². The van der Waals surface area contributed by atoms with Crippen LogP contribution in [0.25, 0.3) is 0 Å². The van der Waals surface area contributed by atoms with Gasteiger partial charge in [-0.25, -0.2) is 0 Å². The van der Waals surface area contributed by atoms with Gasteiger partial charge in [-0.3, -0.25) is 4.79 Å². The molecule has 122 valence electrons. The van der Waals surface area contributed by atoms with Crippen molar-refractivity contribution in [2.24, 2.45) is 0 Å². The summed E-state index contributed by atoms with van der Waals surface area (Å²) in [5, 5.41) is 13.1. The van der Waals surface area contributed by atoms with Gasteiger partial charge in [-0.1, -0.05) is 19.4 Å². The zero-order valence-electron chi connectivity index (χ0n) is 13.5. The van der Waals surface area contributed by atoms with E-state index in [2.05, 4.69) is 26.0 Å². The molecule has 0 aromatic rings. The number of hydrogen-bond acceptors (Lipinski definition) is 3. The zero-order valence-corrected chi connectivity index (χ0v) is 13.5. The van der Waals surface area contributed by atoms with Crippen molar-refractivity contribution in [1.82, 2.24) is 5.32 Å². The quantitative estimate of drug-likeness (QED) is 0.311. The third-order valence-corrected chi connectivity index (χ3v) is 3.57. The summed E-state index contributed by atoms with van der Waals surface area (Å²) in [6, 6.07) is 0. The molecule has 0 aliphatic carbocycles. The molecule has 0 aliphatic rings. The fraction of sp³-hybridized carbons (Fsp3) is 0.750. The highest BCUT2D eigenvalue weighted by Crippen LogP contribution is 2.08. The molecule has 0 spiro atoms. The fourth-order valence-electron chi connectivity index (χ4n) is 2.24. The molecule has 1 N–H and O–H groups in total. The summed E-state index contributed by atoms with van der Waals surface area (Å²) in [4.78, 5) is 21.3. The molecule has 0 aliphatic heterocycles. The maximum Gasteiger partial charge on any atom is 0.243 e. The molecule has 0 bridgehead atoms.